The molecule has 7 heteroatoms. The van der Waals surface area contributed by atoms with Crippen molar-refractivity contribution in [2.24, 2.45) is 0 Å². The van der Waals surface area contributed by atoms with Gasteiger partial charge in [0.05, 0.1) is 38.3 Å². The molecule has 1 aliphatic heterocycles. The fourth-order valence-corrected chi connectivity index (χ4v) is 2.88. The summed E-state index contributed by atoms with van der Waals surface area (Å²) in [5, 5.41) is 5.74. The number of amides is 2. The Morgan fingerprint density at radius 3 is 2.76 bits per heavy atom. The van der Waals surface area contributed by atoms with Crippen molar-refractivity contribution in [1.29, 1.82) is 0 Å². The minimum absolute atomic E-state index is 0.0256. The van der Waals surface area contributed by atoms with Crippen molar-refractivity contribution >= 4 is 11.7 Å². The van der Waals surface area contributed by atoms with Crippen LogP contribution in [0.4, 0.5) is 10.5 Å². The number of benzene rings is 1. The molecule has 0 aliphatic carbocycles. The largest absolute Gasteiger partial charge is 0.495 e. The van der Waals surface area contributed by atoms with E-state index in [2.05, 4.69) is 15.5 Å². The van der Waals surface area contributed by atoms with Crippen LogP contribution in [0.15, 0.2) is 47.1 Å². The first-order chi connectivity index (χ1) is 12.3. The van der Waals surface area contributed by atoms with Gasteiger partial charge in [-0.05, 0) is 24.3 Å². The molecule has 7 nitrogen and oxygen atoms in total. The molecule has 1 unspecified atom stereocenters. The number of methoxy groups -OCH3 is 1. The topological polar surface area (TPSA) is 76.0 Å². The number of hydrogen-bond acceptors (Lipinski definition) is 5. The summed E-state index contributed by atoms with van der Waals surface area (Å²) in [6, 6.07) is 10.8. The zero-order valence-electron chi connectivity index (χ0n) is 14.2. The lowest BCUT2D eigenvalue weighted by Gasteiger charge is -2.33. The quantitative estimate of drug-likeness (QED) is 0.841. The van der Waals surface area contributed by atoms with Crippen LogP contribution in [0.3, 0.4) is 0 Å². The molecule has 1 aliphatic rings. The number of hydrogen-bond donors (Lipinski definition) is 2. The van der Waals surface area contributed by atoms with E-state index in [1.54, 1.807) is 25.5 Å². The molecule has 2 N–H and O–H groups in total. The zero-order chi connectivity index (χ0) is 17.5. The number of carbonyl (C=O) groups excluding carboxylic acids is 1. The fraction of sp³-hybridized carbons (Fsp3) is 0.389. The first-order valence-corrected chi connectivity index (χ1v) is 8.31. The van der Waals surface area contributed by atoms with Crippen molar-refractivity contribution in [3.05, 3.63) is 48.4 Å². The molecule has 25 heavy (non-hydrogen) atoms. The third-order valence-corrected chi connectivity index (χ3v) is 4.17. The molecule has 1 fully saturated rings. The van der Waals surface area contributed by atoms with Gasteiger partial charge in [-0.15, -0.1) is 0 Å². The van der Waals surface area contributed by atoms with E-state index < -0.39 is 0 Å². The van der Waals surface area contributed by atoms with Crippen LogP contribution in [0.2, 0.25) is 0 Å². The molecular formula is C18H23N3O4. The lowest BCUT2D eigenvalue weighted by atomic mass is 10.1. The standard InChI is InChI=1S/C18H23N3O4/c1-23-16-6-3-2-5-14(16)20-18(22)19-13-15(17-7-4-10-25-17)21-8-11-24-12-9-21/h2-7,10,15H,8-9,11-13H2,1H3,(H2,19,20,22). The van der Waals surface area contributed by atoms with Gasteiger partial charge in [0, 0.05) is 19.6 Å². The van der Waals surface area contributed by atoms with Gasteiger partial charge in [-0.3, -0.25) is 4.90 Å². The Morgan fingerprint density at radius 2 is 2.04 bits per heavy atom. The summed E-state index contributed by atoms with van der Waals surface area (Å²) in [5.41, 5.74) is 0.628. The van der Waals surface area contributed by atoms with E-state index in [0.717, 1.165) is 18.8 Å². The van der Waals surface area contributed by atoms with Gasteiger partial charge < -0.3 is 24.5 Å². The maximum Gasteiger partial charge on any atom is 0.319 e. The van der Waals surface area contributed by atoms with Crippen molar-refractivity contribution in [3.63, 3.8) is 0 Å². The number of rotatable bonds is 6. The lowest BCUT2D eigenvalue weighted by molar-refractivity contribution is 0.0124. The Labute approximate surface area is 146 Å². The van der Waals surface area contributed by atoms with Crippen LogP contribution in [0.1, 0.15) is 11.8 Å². The van der Waals surface area contributed by atoms with Crippen LogP contribution in [0, 0.1) is 0 Å². The van der Waals surface area contributed by atoms with E-state index >= 15 is 0 Å². The highest BCUT2D eigenvalue weighted by molar-refractivity contribution is 5.90. The van der Waals surface area contributed by atoms with Crippen LogP contribution in [0.25, 0.3) is 0 Å². The highest BCUT2D eigenvalue weighted by Crippen LogP contribution is 2.24. The molecule has 0 radical (unpaired) electrons. The predicted octanol–water partition coefficient (Wildman–Crippen LogP) is 2.48. The number of para-hydroxylation sites is 2. The van der Waals surface area contributed by atoms with Gasteiger partial charge in [0.2, 0.25) is 0 Å². The van der Waals surface area contributed by atoms with Crippen LogP contribution in [-0.2, 0) is 4.74 Å². The minimum Gasteiger partial charge on any atom is -0.495 e. The molecule has 1 aromatic heterocycles. The number of urea groups is 1. The zero-order valence-corrected chi connectivity index (χ0v) is 14.2. The molecular weight excluding hydrogens is 322 g/mol. The Bertz CT molecular complexity index is 669. The van der Waals surface area contributed by atoms with Gasteiger partial charge in [-0.2, -0.15) is 0 Å². The maximum absolute atomic E-state index is 12.3. The van der Waals surface area contributed by atoms with Crippen molar-refractivity contribution in [2.75, 3.05) is 45.3 Å². The molecule has 0 saturated carbocycles. The summed E-state index contributed by atoms with van der Waals surface area (Å²) in [4.78, 5) is 14.5. The number of morpholine rings is 1. The summed E-state index contributed by atoms with van der Waals surface area (Å²) in [6.07, 6.45) is 1.65. The third-order valence-electron chi connectivity index (χ3n) is 4.17. The highest BCUT2D eigenvalue weighted by atomic mass is 16.5. The van der Waals surface area contributed by atoms with Gasteiger partial charge in [0.1, 0.15) is 11.5 Å². The number of anilines is 1. The fourth-order valence-electron chi connectivity index (χ4n) is 2.88. The first-order valence-electron chi connectivity index (χ1n) is 8.31. The number of nitrogens with one attached hydrogen (secondary N) is 2. The van der Waals surface area contributed by atoms with E-state index in [1.807, 2.05) is 24.3 Å². The van der Waals surface area contributed by atoms with Crippen LogP contribution in [-0.4, -0.2) is 50.9 Å². The second-order valence-corrected chi connectivity index (χ2v) is 5.71. The summed E-state index contributed by atoms with van der Waals surface area (Å²) in [5.74, 6) is 1.45. The average molecular weight is 345 g/mol. The van der Waals surface area contributed by atoms with Gasteiger partial charge in [0.15, 0.2) is 0 Å². The molecule has 1 atom stereocenters. The van der Waals surface area contributed by atoms with Crippen molar-refractivity contribution < 1.29 is 18.7 Å². The molecule has 1 aromatic carbocycles. The molecule has 0 bridgehead atoms. The number of nitrogens with zero attached hydrogens (tertiary/aromatic N) is 1. The maximum atomic E-state index is 12.3. The Hall–Kier alpha value is -2.51. The molecule has 0 spiro atoms. The second-order valence-electron chi connectivity index (χ2n) is 5.71. The number of ether oxygens (including phenoxy) is 2. The van der Waals surface area contributed by atoms with Gasteiger partial charge in [0.25, 0.3) is 0 Å². The normalized spacial score (nSPS) is 16.2. The average Bonchev–Trinajstić information content (AvgIpc) is 3.18. The van der Waals surface area contributed by atoms with E-state index in [0.29, 0.717) is 31.2 Å². The van der Waals surface area contributed by atoms with Crippen LogP contribution < -0.4 is 15.4 Å². The van der Waals surface area contributed by atoms with Crippen molar-refractivity contribution in [1.82, 2.24) is 10.2 Å². The molecule has 2 aromatic rings. The summed E-state index contributed by atoms with van der Waals surface area (Å²) in [6.45, 7) is 3.42. The Balaban J connectivity index is 1.61. The monoisotopic (exact) mass is 345 g/mol. The van der Waals surface area contributed by atoms with E-state index in [1.165, 1.54) is 0 Å². The van der Waals surface area contributed by atoms with Crippen LogP contribution in [0.5, 0.6) is 5.75 Å². The van der Waals surface area contributed by atoms with Gasteiger partial charge >= 0.3 is 6.03 Å². The summed E-state index contributed by atoms with van der Waals surface area (Å²) < 4.78 is 16.2. The molecule has 3 rings (SSSR count). The van der Waals surface area contributed by atoms with E-state index in [4.69, 9.17) is 13.9 Å². The van der Waals surface area contributed by atoms with Gasteiger partial charge in [-0.25, -0.2) is 4.79 Å². The van der Waals surface area contributed by atoms with Crippen molar-refractivity contribution in [3.8, 4) is 5.75 Å². The molecule has 134 valence electrons. The Kier molecular flexibility index (Phi) is 5.92. The van der Waals surface area contributed by atoms with E-state index in [9.17, 15) is 4.79 Å². The van der Waals surface area contributed by atoms with Crippen molar-refractivity contribution in [2.45, 2.75) is 6.04 Å². The first kappa shape index (κ1) is 17.3. The highest BCUT2D eigenvalue weighted by Gasteiger charge is 2.25. The third kappa shape index (κ3) is 4.52. The lowest BCUT2D eigenvalue weighted by Crippen LogP contribution is -2.44. The molecule has 2 amide bonds. The Morgan fingerprint density at radius 1 is 1.24 bits per heavy atom. The predicted molar refractivity (Wildman–Crippen MR) is 93.9 cm³/mol. The number of furan rings is 1. The van der Waals surface area contributed by atoms with Crippen LogP contribution >= 0.6 is 0 Å². The summed E-state index contributed by atoms with van der Waals surface area (Å²) in [7, 11) is 1.57. The minimum atomic E-state index is -0.283. The van der Waals surface area contributed by atoms with E-state index in [-0.39, 0.29) is 12.1 Å². The molecule has 1 saturated heterocycles. The smallest absolute Gasteiger partial charge is 0.319 e. The SMILES string of the molecule is COc1ccccc1NC(=O)NCC(c1ccco1)N1CCOCC1. The number of carbonyl (C=O) groups is 1. The van der Waals surface area contributed by atoms with Gasteiger partial charge in [-0.1, -0.05) is 12.1 Å². The molecule has 2 heterocycles. The summed E-state index contributed by atoms with van der Waals surface area (Å²) >= 11 is 0. The second kappa shape index (κ2) is 8.55.